The van der Waals surface area contributed by atoms with Crippen molar-refractivity contribution in [3.05, 3.63) is 42.5 Å². The standard InChI is InChI=1S/C13H16N2O/c1-10(2)15-9-13-11(6-8-16-13)12-5-3-4-7-14-12/h3-8,10,15H,9H2,1-2H3. The van der Waals surface area contributed by atoms with Crippen LogP contribution in [0.2, 0.25) is 0 Å². The molecule has 0 fully saturated rings. The quantitative estimate of drug-likeness (QED) is 0.854. The van der Waals surface area contributed by atoms with E-state index in [0.717, 1.165) is 23.6 Å². The lowest BCUT2D eigenvalue weighted by Gasteiger charge is -2.07. The molecule has 2 aromatic heterocycles. The highest BCUT2D eigenvalue weighted by molar-refractivity contribution is 5.60. The lowest BCUT2D eigenvalue weighted by molar-refractivity contribution is 0.466. The van der Waals surface area contributed by atoms with Gasteiger partial charge in [0.1, 0.15) is 5.76 Å². The van der Waals surface area contributed by atoms with Gasteiger partial charge < -0.3 is 9.73 Å². The summed E-state index contributed by atoms with van der Waals surface area (Å²) in [5, 5.41) is 3.34. The number of hydrogen-bond donors (Lipinski definition) is 1. The van der Waals surface area contributed by atoms with Crippen LogP contribution in [-0.4, -0.2) is 11.0 Å². The summed E-state index contributed by atoms with van der Waals surface area (Å²) in [5.74, 6) is 0.937. The third-order valence-electron chi connectivity index (χ3n) is 2.36. The summed E-state index contributed by atoms with van der Waals surface area (Å²) in [4.78, 5) is 4.32. The summed E-state index contributed by atoms with van der Waals surface area (Å²) in [5.41, 5.74) is 2.02. The molecule has 0 aromatic carbocycles. The number of furan rings is 1. The average molecular weight is 216 g/mol. The van der Waals surface area contributed by atoms with Crippen molar-refractivity contribution in [3.8, 4) is 11.3 Å². The van der Waals surface area contributed by atoms with Gasteiger partial charge in [0, 0.05) is 17.8 Å². The summed E-state index contributed by atoms with van der Waals surface area (Å²) in [6, 6.07) is 8.29. The molecule has 0 amide bonds. The van der Waals surface area contributed by atoms with E-state index in [4.69, 9.17) is 4.42 Å². The van der Waals surface area contributed by atoms with Gasteiger partial charge in [-0.3, -0.25) is 4.98 Å². The zero-order valence-corrected chi connectivity index (χ0v) is 9.60. The van der Waals surface area contributed by atoms with Gasteiger partial charge >= 0.3 is 0 Å². The van der Waals surface area contributed by atoms with Crippen LogP contribution in [0.5, 0.6) is 0 Å². The van der Waals surface area contributed by atoms with Crippen molar-refractivity contribution in [3.63, 3.8) is 0 Å². The van der Waals surface area contributed by atoms with Gasteiger partial charge in [-0.1, -0.05) is 19.9 Å². The second kappa shape index (κ2) is 4.94. The Kier molecular flexibility index (Phi) is 3.37. The molecule has 0 atom stereocenters. The van der Waals surface area contributed by atoms with Crippen LogP contribution in [0, 0.1) is 0 Å². The van der Waals surface area contributed by atoms with Crippen LogP contribution in [0.4, 0.5) is 0 Å². The van der Waals surface area contributed by atoms with Crippen molar-refractivity contribution in [2.75, 3.05) is 0 Å². The molecule has 0 spiro atoms. The number of nitrogens with one attached hydrogen (secondary N) is 1. The highest BCUT2D eigenvalue weighted by Crippen LogP contribution is 2.22. The fraction of sp³-hybridized carbons (Fsp3) is 0.308. The Morgan fingerprint density at radius 3 is 2.88 bits per heavy atom. The minimum absolute atomic E-state index is 0.446. The SMILES string of the molecule is CC(C)NCc1occc1-c1ccccn1. The Morgan fingerprint density at radius 2 is 2.19 bits per heavy atom. The first kappa shape index (κ1) is 10.9. The van der Waals surface area contributed by atoms with E-state index >= 15 is 0 Å². The zero-order valence-electron chi connectivity index (χ0n) is 9.60. The lowest BCUT2D eigenvalue weighted by atomic mass is 10.1. The minimum atomic E-state index is 0.446. The first-order chi connectivity index (χ1) is 7.77. The van der Waals surface area contributed by atoms with Crippen molar-refractivity contribution in [1.29, 1.82) is 0 Å². The van der Waals surface area contributed by atoms with Crippen molar-refractivity contribution < 1.29 is 4.42 Å². The van der Waals surface area contributed by atoms with Crippen LogP contribution in [-0.2, 0) is 6.54 Å². The van der Waals surface area contributed by atoms with E-state index in [1.807, 2.05) is 24.3 Å². The van der Waals surface area contributed by atoms with Crippen molar-refractivity contribution in [1.82, 2.24) is 10.3 Å². The maximum Gasteiger partial charge on any atom is 0.126 e. The fourth-order valence-corrected chi connectivity index (χ4v) is 1.52. The van der Waals surface area contributed by atoms with Crippen molar-refractivity contribution >= 4 is 0 Å². The Balaban J connectivity index is 2.19. The van der Waals surface area contributed by atoms with Gasteiger partial charge in [0.15, 0.2) is 0 Å². The number of aromatic nitrogens is 1. The molecule has 0 radical (unpaired) electrons. The largest absolute Gasteiger partial charge is 0.467 e. The Hall–Kier alpha value is -1.61. The van der Waals surface area contributed by atoms with E-state index in [9.17, 15) is 0 Å². The van der Waals surface area contributed by atoms with Crippen LogP contribution < -0.4 is 5.32 Å². The minimum Gasteiger partial charge on any atom is -0.467 e. The monoisotopic (exact) mass is 216 g/mol. The lowest BCUT2D eigenvalue weighted by Crippen LogP contribution is -2.21. The van der Waals surface area contributed by atoms with Crippen LogP contribution in [0.25, 0.3) is 11.3 Å². The predicted molar refractivity (Wildman–Crippen MR) is 63.9 cm³/mol. The van der Waals surface area contributed by atoms with E-state index in [1.54, 1.807) is 12.5 Å². The molecule has 0 aliphatic rings. The molecule has 16 heavy (non-hydrogen) atoms. The molecule has 84 valence electrons. The highest BCUT2D eigenvalue weighted by Gasteiger charge is 2.09. The fourth-order valence-electron chi connectivity index (χ4n) is 1.52. The molecule has 0 unspecified atom stereocenters. The molecular formula is C13H16N2O. The van der Waals surface area contributed by atoms with Crippen molar-refractivity contribution in [2.45, 2.75) is 26.4 Å². The molecule has 3 nitrogen and oxygen atoms in total. The first-order valence-corrected chi connectivity index (χ1v) is 5.48. The van der Waals surface area contributed by atoms with E-state index < -0.39 is 0 Å². The molecule has 3 heteroatoms. The summed E-state index contributed by atoms with van der Waals surface area (Å²) in [6.45, 7) is 4.96. The van der Waals surface area contributed by atoms with Crippen LogP contribution >= 0.6 is 0 Å². The second-order valence-electron chi connectivity index (χ2n) is 4.01. The molecule has 2 heterocycles. The number of pyridine rings is 1. The van der Waals surface area contributed by atoms with Gasteiger partial charge in [-0.2, -0.15) is 0 Å². The predicted octanol–water partition coefficient (Wildman–Crippen LogP) is 2.84. The summed E-state index contributed by atoms with van der Waals surface area (Å²) in [6.07, 6.45) is 3.50. The normalized spacial score (nSPS) is 10.9. The topological polar surface area (TPSA) is 38.1 Å². The molecule has 0 bridgehead atoms. The number of hydrogen-bond acceptors (Lipinski definition) is 3. The molecule has 1 N–H and O–H groups in total. The zero-order chi connectivity index (χ0) is 11.4. The third kappa shape index (κ3) is 2.49. The Bertz CT molecular complexity index is 434. The summed E-state index contributed by atoms with van der Waals surface area (Å²) in [7, 11) is 0. The summed E-state index contributed by atoms with van der Waals surface area (Å²) < 4.78 is 5.47. The summed E-state index contributed by atoms with van der Waals surface area (Å²) >= 11 is 0. The molecule has 0 saturated carbocycles. The van der Waals surface area contributed by atoms with Gasteiger partial charge in [0.05, 0.1) is 18.5 Å². The maximum atomic E-state index is 5.47. The second-order valence-corrected chi connectivity index (χ2v) is 4.01. The number of nitrogens with zero attached hydrogens (tertiary/aromatic N) is 1. The van der Waals surface area contributed by atoms with Gasteiger partial charge in [-0.05, 0) is 18.2 Å². The number of rotatable bonds is 4. The van der Waals surface area contributed by atoms with Crippen molar-refractivity contribution in [2.24, 2.45) is 0 Å². The highest BCUT2D eigenvalue weighted by atomic mass is 16.3. The van der Waals surface area contributed by atoms with Gasteiger partial charge in [0.25, 0.3) is 0 Å². The molecular weight excluding hydrogens is 200 g/mol. The van der Waals surface area contributed by atoms with Gasteiger partial charge in [-0.15, -0.1) is 0 Å². The molecule has 2 rings (SSSR count). The van der Waals surface area contributed by atoms with Gasteiger partial charge in [-0.25, -0.2) is 0 Å². The van der Waals surface area contributed by atoms with Crippen LogP contribution in [0.1, 0.15) is 19.6 Å². The van der Waals surface area contributed by atoms with E-state index in [2.05, 4.69) is 24.1 Å². The third-order valence-corrected chi connectivity index (χ3v) is 2.36. The molecule has 0 saturated heterocycles. The average Bonchev–Trinajstić information content (AvgIpc) is 2.75. The van der Waals surface area contributed by atoms with Crippen LogP contribution in [0.3, 0.4) is 0 Å². The Morgan fingerprint density at radius 1 is 1.31 bits per heavy atom. The molecule has 0 aliphatic heterocycles. The van der Waals surface area contributed by atoms with E-state index in [-0.39, 0.29) is 0 Å². The van der Waals surface area contributed by atoms with Crippen LogP contribution in [0.15, 0.2) is 41.1 Å². The first-order valence-electron chi connectivity index (χ1n) is 5.48. The smallest absolute Gasteiger partial charge is 0.126 e. The molecule has 2 aromatic rings. The maximum absolute atomic E-state index is 5.47. The van der Waals surface area contributed by atoms with E-state index in [0.29, 0.717) is 6.04 Å². The van der Waals surface area contributed by atoms with Gasteiger partial charge in [0.2, 0.25) is 0 Å². The van der Waals surface area contributed by atoms with E-state index in [1.165, 1.54) is 0 Å². The Labute approximate surface area is 95.5 Å². The molecule has 0 aliphatic carbocycles.